The minimum absolute atomic E-state index is 0.133. The lowest BCUT2D eigenvalue weighted by molar-refractivity contribution is -0.140. The summed E-state index contributed by atoms with van der Waals surface area (Å²) in [6.45, 7) is 2.09. The average molecular weight is 390 g/mol. The number of H-pyrrole nitrogens is 1. The number of hydrogen-bond acceptors (Lipinski definition) is 5. The lowest BCUT2D eigenvalue weighted by Gasteiger charge is -2.14. The minimum atomic E-state index is -4.56. The van der Waals surface area contributed by atoms with Gasteiger partial charge in [0, 0.05) is 17.6 Å². The maximum atomic E-state index is 13.1. The van der Waals surface area contributed by atoms with Crippen LogP contribution in [0.3, 0.4) is 0 Å². The van der Waals surface area contributed by atoms with E-state index >= 15 is 0 Å². The molecular formula is C18H17F3N6O. The van der Waals surface area contributed by atoms with Gasteiger partial charge in [0.15, 0.2) is 0 Å². The van der Waals surface area contributed by atoms with Crippen LogP contribution in [-0.2, 0) is 11.0 Å². The van der Waals surface area contributed by atoms with Gasteiger partial charge in [0.2, 0.25) is 5.91 Å². The van der Waals surface area contributed by atoms with Crippen molar-refractivity contribution in [3.8, 4) is 11.3 Å². The van der Waals surface area contributed by atoms with E-state index in [9.17, 15) is 18.0 Å². The van der Waals surface area contributed by atoms with Crippen molar-refractivity contribution in [1.29, 1.82) is 0 Å². The van der Waals surface area contributed by atoms with Crippen molar-refractivity contribution in [1.82, 2.24) is 25.1 Å². The molecular weight excluding hydrogens is 373 g/mol. The maximum Gasteiger partial charge on any atom is 0.433 e. The number of likely N-dealkylation sites (tertiary alicyclic amines) is 1. The van der Waals surface area contributed by atoms with E-state index in [0.29, 0.717) is 16.7 Å². The summed E-state index contributed by atoms with van der Waals surface area (Å²) in [5.74, 6) is 0.128. The van der Waals surface area contributed by atoms with E-state index in [0.717, 1.165) is 32.1 Å². The van der Waals surface area contributed by atoms with E-state index in [2.05, 4.69) is 25.3 Å². The molecule has 0 atom stereocenters. The number of rotatable bonds is 4. The van der Waals surface area contributed by atoms with Gasteiger partial charge in [-0.1, -0.05) is 0 Å². The first-order valence-electron chi connectivity index (χ1n) is 8.80. The molecule has 3 aromatic rings. The molecule has 0 aromatic carbocycles. The Balaban J connectivity index is 1.59. The quantitative estimate of drug-likeness (QED) is 0.715. The summed E-state index contributed by atoms with van der Waals surface area (Å²) >= 11 is 0. The number of carbonyl (C=O) groups excluding carboxylic acids is 1. The third-order valence-corrected chi connectivity index (χ3v) is 4.61. The van der Waals surface area contributed by atoms with E-state index < -0.39 is 11.9 Å². The smallest absolute Gasteiger partial charge is 0.310 e. The van der Waals surface area contributed by atoms with Gasteiger partial charge in [0.25, 0.3) is 0 Å². The fourth-order valence-corrected chi connectivity index (χ4v) is 3.26. The molecule has 4 heterocycles. The van der Waals surface area contributed by atoms with Crippen LogP contribution in [0.1, 0.15) is 18.5 Å². The number of aromatic nitrogens is 4. The van der Waals surface area contributed by atoms with Gasteiger partial charge in [-0.2, -0.15) is 18.3 Å². The van der Waals surface area contributed by atoms with Gasteiger partial charge in [-0.15, -0.1) is 0 Å². The molecule has 146 valence electrons. The monoisotopic (exact) mass is 390 g/mol. The lowest BCUT2D eigenvalue weighted by atomic mass is 10.1. The Morgan fingerprint density at radius 2 is 2.00 bits per heavy atom. The molecule has 0 aliphatic carbocycles. The van der Waals surface area contributed by atoms with Crippen molar-refractivity contribution in [2.45, 2.75) is 19.0 Å². The number of pyridine rings is 2. The molecule has 1 aliphatic rings. The van der Waals surface area contributed by atoms with Crippen LogP contribution in [0.25, 0.3) is 22.2 Å². The second-order valence-electron chi connectivity index (χ2n) is 6.65. The molecule has 2 N–H and O–H groups in total. The standard InChI is InChI=1S/C18H17F3N6O/c19-18(20,21)17-12(9-23-26-17)13-4-3-11-8-22-15(7-14(11)24-13)25-16(28)10-27-5-1-2-6-27/h3-4,7-9H,1-2,5-6,10H2,(H,23,26)(H,22,25,28). The SMILES string of the molecule is O=C(CN1CCCC1)Nc1cc2nc(-c3cn[nH]c3C(F)(F)F)ccc2cn1. The number of halogens is 3. The van der Waals surface area contributed by atoms with Gasteiger partial charge < -0.3 is 5.32 Å². The minimum Gasteiger partial charge on any atom is -0.310 e. The van der Waals surface area contributed by atoms with E-state index in [-0.39, 0.29) is 23.7 Å². The number of nitrogens with one attached hydrogen (secondary N) is 2. The van der Waals surface area contributed by atoms with Crippen molar-refractivity contribution < 1.29 is 18.0 Å². The predicted octanol–water partition coefficient (Wildman–Crippen LogP) is 3.07. The zero-order valence-corrected chi connectivity index (χ0v) is 14.8. The molecule has 0 spiro atoms. The summed E-state index contributed by atoms with van der Waals surface area (Å²) in [5, 5.41) is 8.84. The van der Waals surface area contributed by atoms with Gasteiger partial charge in [0.1, 0.15) is 11.5 Å². The van der Waals surface area contributed by atoms with E-state index in [4.69, 9.17) is 0 Å². The van der Waals surface area contributed by atoms with E-state index in [1.807, 2.05) is 5.10 Å². The molecule has 0 unspecified atom stereocenters. The summed E-state index contributed by atoms with van der Waals surface area (Å²) in [5.41, 5.74) is -0.522. The van der Waals surface area contributed by atoms with Gasteiger partial charge >= 0.3 is 6.18 Å². The van der Waals surface area contributed by atoms with E-state index in [1.54, 1.807) is 12.1 Å². The average Bonchev–Trinajstić information content (AvgIpc) is 3.32. The van der Waals surface area contributed by atoms with Gasteiger partial charge in [-0.05, 0) is 38.1 Å². The zero-order chi connectivity index (χ0) is 19.7. The molecule has 1 saturated heterocycles. The van der Waals surface area contributed by atoms with Crippen molar-refractivity contribution >= 4 is 22.6 Å². The molecule has 1 fully saturated rings. The number of nitrogens with zero attached hydrogens (tertiary/aromatic N) is 4. The molecule has 4 rings (SSSR count). The topological polar surface area (TPSA) is 86.8 Å². The molecule has 0 bridgehead atoms. The van der Waals surface area contributed by atoms with Gasteiger partial charge in [-0.25, -0.2) is 9.97 Å². The molecule has 10 heteroatoms. The van der Waals surface area contributed by atoms with Crippen molar-refractivity contribution in [3.05, 3.63) is 36.3 Å². The van der Waals surface area contributed by atoms with Gasteiger partial charge in [0.05, 0.1) is 29.5 Å². The highest BCUT2D eigenvalue weighted by Crippen LogP contribution is 2.35. The van der Waals surface area contributed by atoms with Crippen LogP contribution in [0.2, 0.25) is 0 Å². The lowest BCUT2D eigenvalue weighted by Crippen LogP contribution is -2.31. The number of alkyl halides is 3. The first-order chi connectivity index (χ1) is 13.4. The van der Waals surface area contributed by atoms with Crippen LogP contribution in [0.5, 0.6) is 0 Å². The van der Waals surface area contributed by atoms with Crippen LogP contribution < -0.4 is 5.32 Å². The predicted molar refractivity (Wildman–Crippen MR) is 96.4 cm³/mol. The highest BCUT2D eigenvalue weighted by atomic mass is 19.4. The fraction of sp³-hybridized carbons (Fsp3) is 0.333. The normalized spacial score (nSPS) is 15.2. The largest absolute Gasteiger partial charge is 0.433 e. The Hall–Kier alpha value is -3.01. The van der Waals surface area contributed by atoms with Crippen molar-refractivity contribution in [2.75, 3.05) is 25.0 Å². The Morgan fingerprint density at radius 3 is 2.75 bits per heavy atom. The van der Waals surface area contributed by atoms with E-state index in [1.165, 1.54) is 12.3 Å². The molecule has 0 saturated carbocycles. The van der Waals surface area contributed by atoms with Crippen molar-refractivity contribution in [2.24, 2.45) is 0 Å². The number of anilines is 1. The number of fused-ring (bicyclic) bond motifs is 1. The molecule has 1 amide bonds. The Kier molecular flexibility index (Phi) is 4.71. The van der Waals surface area contributed by atoms with Gasteiger partial charge in [-0.3, -0.25) is 14.8 Å². The molecule has 3 aromatic heterocycles. The summed E-state index contributed by atoms with van der Waals surface area (Å²) in [6, 6.07) is 4.66. The molecule has 1 aliphatic heterocycles. The maximum absolute atomic E-state index is 13.1. The first-order valence-corrected chi connectivity index (χ1v) is 8.80. The number of carbonyl (C=O) groups is 1. The zero-order valence-electron chi connectivity index (χ0n) is 14.8. The summed E-state index contributed by atoms with van der Waals surface area (Å²) in [4.78, 5) is 22.7. The second kappa shape index (κ2) is 7.19. The number of aromatic amines is 1. The Labute approximate surface area is 158 Å². The third kappa shape index (κ3) is 3.81. The van der Waals surface area contributed by atoms with Crippen LogP contribution in [0, 0.1) is 0 Å². The van der Waals surface area contributed by atoms with Crippen molar-refractivity contribution in [3.63, 3.8) is 0 Å². The van der Waals surface area contributed by atoms with Crippen LogP contribution in [0.4, 0.5) is 19.0 Å². The Morgan fingerprint density at radius 1 is 1.21 bits per heavy atom. The highest BCUT2D eigenvalue weighted by molar-refractivity contribution is 5.93. The Bertz CT molecular complexity index is 1010. The summed E-state index contributed by atoms with van der Waals surface area (Å²) in [7, 11) is 0. The van der Waals surface area contributed by atoms with Crippen LogP contribution in [0.15, 0.2) is 30.6 Å². The van der Waals surface area contributed by atoms with Crippen LogP contribution in [-0.4, -0.2) is 50.6 Å². The molecule has 7 nitrogen and oxygen atoms in total. The molecule has 0 radical (unpaired) electrons. The number of amides is 1. The fourth-order valence-electron chi connectivity index (χ4n) is 3.26. The third-order valence-electron chi connectivity index (χ3n) is 4.61. The highest BCUT2D eigenvalue weighted by Gasteiger charge is 2.36. The first kappa shape index (κ1) is 18.4. The van der Waals surface area contributed by atoms with Crippen LogP contribution >= 0.6 is 0 Å². The molecule has 28 heavy (non-hydrogen) atoms. The second-order valence-corrected chi connectivity index (χ2v) is 6.65. The summed E-state index contributed by atoms with van der Waals surface area (Å²) in [6.07, 6.45) is 0.230. The number of hydrogen-bond donors (Lipinski definition) is 2. The summed E-state index contributed by atoms with van der Waals surface area (Å²) < 4.78 is 39.3.